The van der Waals surface area contributed by atoms with E-state index in [9.17, 15) is 0 Å². The van der Waals surface area contributed by atoms with E-state index in [1.54, 1.807) is 0 Å². The van der Waals surface area contributed by atoms with Gasteiger partial charge in [0.25, 0.3) is 0 Å². The number of aromatic nitrogens is 2. The van der Waals surface area contributed by atoms with Crippen LogP contribution in [0, 0.1) is 6.92 Å². The van der Waals surface area contributed by atoms with Crippen LogP contribution < -0.4 is 10.6 Å². The van der Waals surface area contributed by atoms with Gasteiger partial charge >= 0.3 is 0 Å². The molecule has 0 amide bonds. The molecule has 1 aliphatic rings. The monoisotopic (exact) mass is 309 g/mol. The lowest BCUT2D eigenvalue weighted by Gasteiger charge is -2.13. The summed E-state index contributed by atoms with van der Waals surface area (Å²) in [5, 5.41) is 16.5. The first-order chi connectivity index (χ1) is 9.33. The van der Waals surface area contributed by atoms with E-state index in [0.29, 0.717) is 0 Å². The number of nitrogens with zero attached hydrogens (tertiary/aromatic N) is 3. The number of nitrogens with one attached hydrogen (secondary N) is 2. The summed E-state index contributed by atoms with van der Waals surface area (Å²) >= 11 is 1.54. The number of hydrogen-bond acceptors (Lipinski definition) is 6. The van der Waals surface area contributed by atoms with Crippen molar-refractivity contribution in [3.8, 4) is 10.6 Å². The van der Waals surface area contributed by atoms with Gasteiger partial charge in [0.1, 0.15) is 5.01 Å². The second-order valence-corrected chi connectivity index (χ2v) is 5.34. The molecule has 1 aliphatic heterocycles. The van der Waals surface area contributed by atoms with E-state index in [1.165, 1.54) is 16.9 Å². The lowest BCUT2D eigenvalue weighted by Crippen LogP contribution is -2.35. The Kier molecular flexibility index (Phi) is 4.92. The van der Waals surface area contributed by atoms with Crippen LogP contribution in [0.15, 0.2) is 29.3 Å². The number of hydrogen-bond donors (Lipinski definition) is 2. The predicted octanol–water partition coefficient (Wildman–Crippen LogP) is 2.70. The maximum atomic E-state index is 4.36. The van der Waals surface area contributed by atoms with Crippen LogP contribution in [0.3, 0.4) is 0 Å². The first-order valence-corrected chi connectivity index (χ1v) is 7.09. The van der Waals surface area contributed by atoms with Gasteiger partial charge in [-0.15, -0.1) is 22.6 Å². The van der Waals surface area contributed by atoms with Crippen molar-refractivity contribution < 1.29 is 0 Å². The van der Waals surface area contributed by atoms with E-state index in [-0.39, 0.29) is 12.4 Å². The van der Waals surface area contributed by atoms with Crippen LogP contribution in [0.5, 0.6) is 0 Å². The summed E-state index contributed by atoms with van der Waals surface area (Å²) in [6.45, 7) is 3.89. The van der Waals surface area contributed by atoms with Crippen molar-refractivity contribution >= 4 is 34.8 Å². The van der Waals surface area contributed by atoms with Crippen LogP contribution in [0.4, 0.5) is 5.13 Å². The number of anilines is 1. The van der Waals surface area contributed by atoms with E-state index in [1.807, 2.05) is 12.1 Å². The minimum atomic E-state index is 0. The van der Waals surface area contributed by atoms with Gasteiger partial charge in [0.05, 0.1) is 0 Å². The number of halogens is 1. The third-order valence-electron chi connectivity index (χ3n) is 2.92. The van der Waals surface area contributed by atoms with Crippen molar-refractivity contribution in [1.82, 2.24) is 15.5 Å². The molecule has 20 heavy (non-hydrogen) atoms. The number of benzene rings is 1. The van der Waals surface area contributed by atoms with Crippen molar-refractivity contribution in [2.24, 2.45) is 4.99 Å². The van der Waals surface area contributed by atoms with Crippen molar-refractivity contribution in [3.63, 3.8) is 0 Å². The van der Waals surface area contributed by atoms with Gasteiger partial charge < -0.3 is 10.6 Å². The van der Waals surface area contributed by atoms with Crippen LogP contribution in [-0.4, -0.2) is 29.2 Å². The van der Waals surface area contributed by atoms with Gasteiger partial charge in [0.2, 0.25) is 5.13 Å². The lowest BCUT2D eigenvalue weighted by atomic mass is 10.1. The molecule has 0 spiro atoms. The molecule has 7 heteroatoms. The summed E-state index contributed by atoms with van der Waals surface area (Å²) in [5.41, 5.74) is 2.34. The van der Waals surface area contributed by atoms with E-state index >= 15 is 0 Å². The minimum Gasteiger partial charge on any atom is -0.356 e. The Hall–Kier alpha value is -1.66. The third-order valence-corrected chi connectivity index (χ3v) is 3.80. The average molecular weight is 310 g/mol. The summed E-state index contributed by atoms with van der Waals surface area (Å²) < 4.78 is 0. The van der Waals surface area contributed by atoms with Crippen LogP contribution in [0.2, 0.25) is 0 Å². The molecule has 5 nitrogen and oxygen atoms in total. The normalized spacial score (nSPS) is 13.9. The second kappa shape index (κ2) is 6.67. The molecule has 0 radical (unpaired) electrons. The van der Waals surface area contributed by atoms with Crippen LogP contribution in [-0.2, 0) is 0 Å². The van der Waals surface area contributed by atoms with Gasteiger partial charge in [0.15, 0.2) is 5.96 Å². The molecule has 0 unspecified atom stereocenters. The molecule has 0 saturated heterocycles. The van der Waals surface area contributed by atoms with Gasteiger partial charge in [-0.2, -0.15) is 0 Å². The second-order valence-electron chi connectivity index (χ2n) is 4.36. The fourth-order valence-electron chi connectivity index (χ4n) is 1.91. The Labute approximate surface area is 128 Å². The van der Waals surface area contributed by atoms with Crippen LogP contribution >= 0.6 is 23.7 Å². The Morgan fingerprint density at radius 1 is 1.25 bits per heavy atom. The topological polar surface area (TPSA) is 62.2 Å². The zero-order chi connectivity index (χ0) is 13.1. The quantitative estimate of drug-likeness (QED) is 0.895. The Morgan fingerprint density at radius 3 is 2.85 bits per heavy atom. The van der Waals surface area contributed by atoms with E-state index in [4.69, 9.17) is 0 Å². The van der Waals surface area contributed by atoms with Gasteiger partial charge in [-0.1, -0.05) is 35.6 Å². The molecule has 3 rings (SSSR count). The highest BCUT2D eigenvalue weighted by atomic mass is 35.5. The molecule has 0 atom stereocenters. The van der Waals surface area contributed by atoms with E-state index in [2.05, 4.69) is 44.9 Å². The Balaban J connectivity index is 0.00000147. The molecule has 1 aromatic heterocycles. The van der Waals surface area contributed by atoms with Gasteiger partial charge in [0, 0.05) is 18.7 Å². The molecule has 0 saturated carbocycles. The molecule has 2 N–H and O–H groups in total. The van der Waals surface area contributed by atoms with Gasteiger partial charge in [-0.25, -0.2) is 0 Å². The molecule has 0 aliphatic carbocycles. The van der Waals surface area contributed by atoms with Crippen LogP contribution in [0.1, 0.15) is 12.0 Å². The smallest absolute Gasteiger partial charge is 0.212 e. The SMILES string of the molecule is Cc1ccccc1-c1nnc(NC2=NCCCN2)s1.Cl. The third kappa shape index (κ3) is 3.26. The molecule has 2 heterocycles. The summed E-state index contributed by atoms with van der Waals surface area (Å²) in [6.07, 6.45) is 1.08. The average Bonchev–Trinajstić information content (AvgIpc) is 2.89. The van der Waals surface area contributed by atoms with E-state index < -0.39 is 0 Å². The summed E-state index contributed by atoms with van der Waals surface area (Å²) in [5.74, 6) is 0.790. The molecule has 106 valence electrons. The molecular formula is C13H16ClN5S. The summed E-state index contributed by atoms with van der Waals surface area (Å²) in [6, 6.07) is 8.19. The number of guanidine groups is 1. The van der Waals surface area contributed by atoms with Crippen molar-refractivity contribution in [2.75, 3.05) is 18.4 Å². The predicted molar refractivity (Wildman–Crippen MR) is 85.9 cm³/mol. The Morgan fingerprint density at radius 2 is 2.10 bits per heavy atom. The highest BCUT2D eigenvalue weighted by Crippen LogP contribution is 2.28. The largest absolute Gasteiger partial charge is 0.356 e. The fourth-order valence-corrected chi connectivity index (χ4v) is 2.75. The molecular weight excluding hydrogens is 294 g/mol. The highest BCUT2D eigenvalue weighted by molar-refractivity contribution is 7.18. The summed E-state index contributed by atoms with van der Waals surface area (Å²) in [4.78, 5) is 4.36. The van der Waals surface area contributed by atoms with E-state index in [0.717, 1.165) is 41.2 Å². The van der Waals surface area contributed by atoms with Crippen molar-refractivity contribution in [3.05, 3.63) is 29.8 Å². The fraction of sp³-hybridized carbons (Fsp3) is 0.308. The summed E-state index contributed by atoms with van der Waals surface area (Å²) in [7, 11) is 0. The number of aliphatic imine (C=N–C) groups is 1. The maximum Gasteiger partial charge on any atom is 0.212 e. The molecule has 0 bridgehead atoms. The minimum absolute atomic E-state index is 0. The standard InChI is InChI=1S/C13H15N5S.ClH/c1-9-5-2-3-6-10(9)11-17-18-13(19-11)16-12-14-7-4-8-15-12;/h2-3,5-6H,4,7-8H2,1H3,(H2,14,15,16,18);1H. The van der Waals surface area contributed by atoms with Crippen molar-refractivity contribution in [2.45, 2.75) is 13.3 Å². The zero-order valence-electron chi connectivity index (χ0n) is 11.1. The first kappa shape index (κ1) is 14.7. The maximum absolute atomic E-state index is 4.36. The molecule has 1 aromatic carbocycles. The zero-order valence-corrected chi connectivity index (χ0v) is 12.7. The molecule has 0 fully saturated rings. The highest BCUT2D eigenvalue weighted by Gasteiger charge is 2.11. The molecule has 2 aromatic rings. The number of aryl methyl sites for hydroxylation is 1. The Bertz CT molecular complexity index is 610. The number of rotatable bonds is 2. The van der Waals surface area contributed by atoms with Crippen molar-refractivity contribution in [1.29, 1.82) is 0 Å². The van der Waals surface area contributed by atoms with Gasteiger partial charge in [-0.05, 0) is 18.9 Å². The lowest BCUT2D eigenvalue weighted by molar-refractivity contribution is 0.740. The first-order valence-electron chi connectivity index (χ1n) is 6.28. The van der Waals surface area contributed by atoms with Crippen LogP contribution in [0.25, 0.3) is 10.6 Å². The van der Waals surface area contributed by atoms with Gasteiger partial charge in [-0.3, -0.25) is 4.99 Å².